The molecule has 0 bridgehead atoms. The van der Waals surface area contributed by atoms with Gasteiger partial charge in [-0.15, -0.1) is 0 Å². The number of methoxy groups -OCH3 is 1. The lowest BCUT2D eigenvalue weighted by molar-refractivity contribution is 0.0228. The molecule has 2 N–H and O–H groups in total. The third-order valence-corrected chi connectivity index (χ3v) is 2.92. The number of amides is 1. The first-order valence-corrected chi connectivity index (χ1v) is 6.62. The van der Waals surface area contributed by atoms with Gasteiger partial charge in [0.25, 0.3) is 5.91 Å². The van der Waals surface area contributed by atoms with E-state index < -0.39 is 11.4 Å². The maximum absolute atomic E-state index is 13.8. The quantitative estimate of drug-likeness (QED) is 0.813. The average molecular weight is 293 g/mol. The molecule has 1 rings (SSSR count). The van der Waals surface area contributed by atoms with E-state index in [2.05, 4.69) is 17.2 Å². The van der Waals surface area contributed by atoms with Gasteiger partial charge >= 0.3 is 0 Å². The number of aliphatic hydroxyl groups excluding tert-OH is 1. The lowest BCUT2D eigenvalue weighted by Crippen LogP contribution is -2.39. The number of aliphatic hydroxyl groups is 1. The van der Waals surface area contributed by atoms with E-state index in [1.54, 1.807) is 7.11 Å². The van der Waals surface area contributed by atoms with Crippen LogP contribution < -0.4 is 5.32 Å². The molecular weight excluding hydrogens is 273 g/mol. The Morgan fingerprint density at radius 2 is 2.19 bits per heavy atom. The Morgan fingerprint density at radius 3 is 2.76 bits per heavy atom. The minimum Gasteiger partial charge on any atom is -0.395 e. The predicted molar refractivity (Wildman–Crippen MR) is 78.4 cm³/mol. The topological polar surface area (TPSA) is 58.6 Å². The van der Waals surface area contributed by atoms with Crippen LogP contribution in [-0.2, 0) is 4.74 Å². The maximum atomic E-state index is 13.8. The second kappa shape index (κ2) is 7.77. The molecule has 1 aromatic carbocycles. The molecule has 0 heterocycles. The number of ether oxygens (including phenoxy) is 1. The third-order valence-electron chi connectivity index (χ3n) is 2.92. The summed E-state index contributed by atoms with van der Waals surface area (Å²) in [6, 6.07) is 4.12. The van der Waals surface area contributed by atoms with Gasteiger partial charge in [-0.2, -0.15) is 0 Å². The predicted octanol–water partition coefficient (Wildman–Crippen LogP) is 1.71. The molecule has 1 amide bonds. The van der Waals surface area contributed by atoms with Crippen LogP contribution in [0.1, 0.15) is 36.2 Å². The number of benzene rings is 1. The van der Waals surface area contributed by atoms with E-state index in [4.69, 9.17) is 9.84 Å². The van der Waals surface area contributed by atoms with E-state index in [9.17, 15) is 9.18 Å². The van der Waals surface area contributed by atoms with Crippen molar-refractivity contribution in [1.82, 2.24) is 5.32 Å². The summed E-state index contributed by atoms with van der Waals surface area (Å²) in [4.78, 5) is 11.9. The van der Waals surface area contributed by atoms with Gasteiger partial charge in [0.05, 0.1) is 17.8 Å². The molecule has 4 nitrogen and oxygen atoms in total. The van der Waals surface area contributed by atoms with Crippen molar-refractivity contribution < 1.29 is 19.0 Å². The molecule has 0 aliphatic rings. The van der Waals surface area contributed by atoms with Crippen LogP contribution in [0.3, 0.4) is 0 Å². The molecule has 0 fully saturated rings. The van der Waals surface area contributed by atoms with E-state index in [0.29, 0.717) is 6.54 Å². The fraction of sp³-hybridized carbons (Fsp3) is 0.438. The molecule has 1 aromatic rings. The summed E-state index contributed by atoms with van der Waals surface area (Å²) >= 11 is 0. The first kappa shape index (κ1) is 17.2. The number of carbonyl (C=O) groups excluding carboxylic acids is 1. The second-order valence-corrected chi connectivity index (χ2v) is 5.12. The van der Waals surface area contributed by atoms with Crippen molar-refractivity contribution in [1.29, 1.82) is 0 Å². The van der Waals surface area contributed by atoms with Crippen LogP contribution in [0, 0.1) is 17.7 Å². The van der Waals surface area contributed by atoms with Gasteiger partial charge in [0.2, 0.25) is 0 Å². The van der Waals surface area contributed by atoms with Gasteiger partial charge in [0.1, 0.15) is 5.82 Å². The van der Waals surface area contributed by atoms with Crippen LogP contribution in [-0.4, -0.2) is 36.9 Å². The molecule has 0 saturated heterocycles. The molecule has 0 aromatic heterocycles. The molecule has 0 aliphatic carbocycles. The van der Waals surface area contributed by atoms with Gasteiger partial charge in [-0.1, -0.05) is 11.8 Å². The Kier molecular flexibility index (Phi) is 6.35. The monoisotopic (exact) mass is 293 g/mol. The summed E-state index contributed by atoms with van der Waals surface area (Å²) in [7, 11) is 1.56. The number of halogens is 1. The highest BCUT2D eigenvalue weighted by molar-refractivity contribution is 5.94. The minimum atomic E-state index is -0.556. The highest BCUT2D eigenvalue weighted by Gasteiger charge is 2.18. The Hall–Kier alpha value is -1.90. The molecule has 0 unspecified atom stereocenters. The van der Waals surface area contributed by atoms with Crippen molar-refractivity contribution in [2.45, 2.75) is 25.9 Å². The molecule has 0 saturated carbocycles. The lowest BCUT2D eigenvalue weighted by atomic mass is 10.1. The van der Waals surface area contributed by atoms with Gasteiger partial charge in [-0.25, -0.2) is 4.39 Å². The van der Waals surface area contributed by atoms with E-state index >= 15 is 0 Å². The van der Waals surface area contributed by atoms with Crippen molar-refractivity contribution >= 4 is 5.91 Å². The molecule has 0 aliphatic heterocycles. The SMILES string of the molecule is COC(C)(C)CNC(=O)c1ccc(C#CCCO)c(F)c1. The average Bonchev–Trinajstić information content (AvgIpc) is 2.46. The minimum absolute atomic E-state index is 0.0651. The molecular formula is C16H20FNO3. The molecule has 5 heteroatoms. The second-order valence-electron chi connectivity index (χ2n) is 5.12. The lowest BCUT2D eigenvalue weighted by Gasteiger charge is -2.23. The fourth-order valence-corrected chi connectivity index (χ4v) is 1.44. The van der Waals surface area contributed by atoms with Crippen molar-refractivity contribution in [2.75, 3.05) is 20.3 Å². The Morgan fingerprint density at radius 1 is 1.48 bits per heavy atom. The van der Waals surface area contributed by atoms with Crippen LogP contribution in [0.4, 0.5) is 4.39 Å². The highest BCUT2D eigenvalue weighted by atomic mass is 19.1. The zero-order valence-corrected chi connectivity index (χ0v) is 12.5. The van der Waals surface area contributed by atoms with E-state index in [1.807, 2.05) is 13.8 Å². The zero-order valence-electron chi connectivity index (χ0n) is 12.5. The fourth-order valence-electron chi connectivity index (χ4n) is 1.44. The van der Waals surface area contributed by atoms with Crippen molar-refractivity contribution in [3.05, 3.63) is 35.1 Å². The largest absolute Gasteiger partial charge is 0.395 e. The smallest absolute Gasteiger partial charge is 0.251 e. The van der Waals surface area contributed by atoms with Gasteiger partial charge in [-0.05, 0) is 32.0 Å². The van der Waals surface area contributed by atoms with Crippen LogP contribution in [0.25, 0.3) is 0 Å². The summed E-state index contributed by atoms with van der Waals surface area (Å²) in [6.45, 7) is 3.94. The van der Waals surface area contributed by atoms with Crippen LogP contribution in [0.15, 0.2) is 18.2 Å². The summed E-state index contributed by atoms with van der Waals surface area (Å²) in [5.74, 6) is 4.32. The summed E-state index contributed by atoms with van der Waals surface area (Å²) < 4.78 is 19.0. The Labute approximate surface area is 124 Å². The molecule has 21 heavy (non-hydrogen) atoms. The van der Waals surface area contributed by atoms with Crippen LogP contribution in [0.5, 0.6) is 0 Å². The maximum Gasteiger partial charge on any atom is 0.251 e. The van der Waals surface area contributed by atoms with Gasteiger partial charge < -0.3 is 15.2 Å². The molecule has 114 valence electrons. The van der Waals surface area contributed by atoms with Crippen molar-refractivity contribution in [3.8, 4) is 11.8 Å². The molecule has 0 spiro atoms. The molecule has 0 atom stereocenters. The van der Waals surface area contributed by atoms with E-state index in [1.165, 1.54) is 12.1 Å². The number of nitrogens with one attached hydrogen (secondary N) is 1. The van der Waals surface area contributed by atoms with Crippen LogP contribution >= 0.6 is 0 Å². The zero-order chi connectivity index (χ0) is 15.9. The van der Waals surface area contributed by atoms with Gasteiger partial charge in [-0.3, -0.25) is 4.79 Å². The normalized spacial score (nSPS) is 10.7. The van der Waals surface area contributed by atoms with Crippen LogP contribution in [0.2, 0.25) is 0 Å². The third kappa shape index (κ3) is 5.54. The van der Waals surface area contributed by atoms with Gasteiger partial charge in [0, 0.05) is 25.6 Å². The van der Waals surface area contributed by atoms with Crippen molar-refractivity contribution in [2.24, 2.45) is 0 Å². The Bertz CT molecular complexity index is 558. The molecule has 0 radical (unpaired) electrons. The summed E-state index contributed by atoms with van der Waals surface area (Å²) in [5.41, 5.74) is -0.0477. The standard InChI is InChI=1S/C16H20FNO3/c1-16(2,21-3)11-18-15(20)13-8-7-12(14(17)10-13)6-4-5-9-19/h7-8,10,19H,5,9,11H2,1-3H3,(H,18,20). The number of hydrogen-bond donors (Lipinski definition) is 2. The van der Waals surface area contributed by atoms with Gasteiger partial charge in [0.15, 0.2) is 0 Å². The van der Waals surface area contributed by atoms with E-state index in [0.717, 1.165) is 6.07 Å². The Balaban J connectivity index is 2.75. The first-order valence-electron chi connectivity index (χ1n) is 6.62. The summed E-state index contributed by atoms with van der Waals surface area (Å²) in [5, 5.41) is 11.3. The summed E-state index contributed by atoms with van der Waals surface area (Å²) in [6.07, 6.45) is 0.285. The van der Waals surface area contributed by atoms with Crippen molar-refractivity contribution in [3.63, 3.8) is 0 Å². The highest BCUT2D eigenvalue weighted by Crippen LogP contribution is 2.11. The number of hydrogen-bond acceptors (Lipinski definition) is 3. The number of rotatable bonds is 5. The first-order chi connectivity index (χ1) is 9.89. The van der Waals surface area contributed by atoms with E-state index in [-0.39, 0.29) is 30.1 Å². The number of carbonyl (C=O) groups is 1.